The van der Waals surface area contributed by atoms with E-state index in [1.165, 1.54) is 0 Å². The topological polar surface area (TPSA) is 27.0 Å². The molecule has 0 fully saturated rings. The summed E-state index contributed by atoms with van der Waals surface area (Å²) in [6, 6.07) is 10.0. The van der Waals surface area contributed by atoms with Gasteiger partial charge < -0.3 is 4.90 Å². The third kappa shape index (κ3) is 4.95. The van der Waals surface area contributed by atoms with Crippen LogP contribution in [0.1, 0.15) is 16.5 Å². The summed E-state index contributed by atoms with van der Waals surface area (Å²) in [4.78, 5) is 2.11. The fourth-order valence-electron chi connectivity index (χ4n) is 1.55. The normalized spacial score (nSPS) is 12.4. The number of rotatable bonds is 6. The first-order valence-corrected chi connectivity index (χ1v) is 6.49. The van der Waals surface area contributed by atoms with Gasteiger partial charge in [0.25, 0.3) is 0 Å². The molecule has 0 radical (unpaired) electrons. The van der Waals surface area contributed by atoms with Crippen molar-refractivity contribution in [3.05, 3.63) is 35.4 Å². The lowest BCUT2D eigenvalue weighted by molar-refractivity contribution is 0.355. The first-order chi connectivity index (χ1) is 8.17. The lowest BCUT2D eigenvalue weighted by Gasteiger charge is -2.19. The van der Waals surface area contributed by atoms with Crippen molar-refractivity contribution < 1.29 is 0 Å². The molecule has 0 N–H and O–H groups in total. The molecule has 1 aromatic rings. The number of benzene rings is 1. The Morgan fingerprint density at radius 1 is 1.35 bits per heavy atom. The molecule has 92 valence electrons. The van der Waals surface area contributed by atoms with Crippen molar-refractivity contribution in [2.75, 3.05) is 26.0 Å². The van der Waals surface area contributed by atoms with Crippen LogP contribution in [0.3, 0.4) is 0 Å². The number of halogens is 2. The summed E-state index contributed by atoms with van der Waals surface area (Å²) >= 11 is 12.0. The van der Waals surface area contributed by atoms with Crippen LogP contribution in [0.4, 0.5) is 0 Å². The van der Waals surface area contributed by atoms with Gasteiger partial charge in [0.1, 0.15) is 0 Å². The third-order valence-corrected chi connectivity index (χ3v) is 3.12. The Balaban J connectivity index is 2.57. The molecule has 1 unspecified atom stereocenters. The minimum atomic E-state index is -0.0423. The predicted octanol–water partition coefficient (Wildman–Crippen LogP) is 3.20. The van der Waals surface area contributed by atoms with E-state index in [2.05, 4.69) is 11.0 Å². The van der Waals surface area contributed by atoms with E-state index in [0.717, 1.165) is 24.2 Å². The number of nitriles is 1. The first-order valence-electron chi connectivity index (χ1n) is 5.51. The van der Waals surface area contributed by atoms with E-state index in [1.807, 2.05) is 31.3 Å². The van der Waals surface area contributed by atoms with Crippen molar-refractivity contribution in [1.82, 2.24) is 4.90 Å². The second-order valence-corrected chi connectivity index (χ2v) is 4.90. The molecule has 2 nitrogen and oxygen atoms in total. The minimum absolute atomic E-state index is 0.0423. The van der Waals surface area contributed by atoms with Crippen LogP contribution in [-0.2, 0) is 6.42 Å². The van der Waals surface area contributed by atoms with Crippen LogP contribution in [-0.4, -0.2) is 30.9 Å². The standard InChI is InChI=1S/C13H16Cl2N2/c1-17(9-7-14)10-13(15)12-4-2-11(3-5-12)6-8-16/h2-5,13H,6-7,9-10H2,1H3. The van der Waals surface area contributed by atoms with E-state index in [1.54, 1.807) is 0 Å². The van der Waals surface area contributed by atoms with Crippen molar-refractivity contribution in [3.8, 4) is 6.07 Å². The van der Waals surface area contributed by atoms with E-state index in [-0.39, 0.29) is 5.38 Å². The number of hydrogen-bond donors (Lipinski definition) is 0. The average molecular weight is 271 g/mol. The lowest BCUT2D eigenvalue weighted by atomic mass is 10.1. The average Bonchev–Trinajstić information content (AvgIpc) is 2.30. The predicted molar refractivity (Wildman–Crippen MR) is 72.6 cm³/mol. The second kappa shape index (κ2) is 7.55. The molecule has 0 aliphatic carbocycles. The van der Waals surface area contributed by atoms with Crippen molar-refractivity contribution in [1.29, 1.82) is 5.26 Å². The van der Waals surface area contributed by atoms with Gasteiger partial charge in [-0.1, -0.05) is 24.3 Å². The maximum Gasteiger partial charge on any atom is 0.0712 e. The van der Waals surface area contributed by atoms with Crippen molar-refractivity contribution in [3.63, 3.8) is 0 Å². The molecule has 1 atom stereocenters. The number of alkyl halides is 2. The summed E-state index contributed by atoms with van der Waals surface area (Å²) in [5.41, 5.74) is 2.10. The summed E-state index contributed by atoms with van der Waals surface area (Å²) in [5.74, 6) is 0.612. The van der Waals surface area contributed by atoms with E-state index in [0.29, 0.717) is 12.3 Å². The Morgan fingerprint density at radius 3 is 2.53 bits per heavy atom. The Labute approximate surface area is 113 Å². The highest BCUT2D eigenvalue weighted by atomic mass is 35.5. The SMILES string of the molecule is CN(CCCl)CC(Cl)c1ccc(CC#N)cc1. The zero-order valence-electron chi connectivity index (χ0n) is 9.87. The van der Waals surface area contributed by atoms with Gasteiger partial charge in [-0.15, -0.1) is 23.2 Å². The molecule has 4 heteroatoms. The maximum atomic E-state index is 8.58. The van der Waals surface area contributed by atoms with Gasteiger partial charge in [0.15, 0.2) is 0 Å². The Bertz CT molecular complexity index is 370. The Morgan fingerprint density at radius 2 is 2.00 bits per heavy atom. The molecular formula is C13H16Cl2N2. The molecule has 17 heavy (non-hydrogen) atoms. The van der Waals surface area contributed by atoms with E-state index < -0.39 is 0 Å². The van der Waals surface area contributed by atoms with Crippen LogP contribution < -0.4 is 0 Å². The smallest absolute Gasteiger partial charge is 0.0712 e. The summed E-state index contributed by atoms with van der Waals surface area (Å²) in [6.07, 6.45) is 0.444. The molecule has 0 bridgehead atoms. The van der Waals surface area contributed by atoms with Crippen LogP contribution in [0.2, 0.25) is 0 Å². The molecule has 0 saturated heterocycles. The van der Waals surface area contributed by atoms with Gasteiger partial charge >= 0.3 is 0 Å². The maximum absolute atomic E-state index is 8.58. The van der Waals surface area contributed by atoms with Gasteiger partial charge in [0.2, 0.25) is 0 Å². The second-order valence-electron chi connectivity index (χ2n) is 4.00. The molecule has 0 aliphatic heterocycles. The van der Waals surface area contributed by atoms with Gasteiger partial charge in [-0.25, -0.2) is 0 Å². The van der Waals surface area contributed by atoms with Crippen LogP contribution in [0.5, 0.6) is 0 Å². The van der Waals surface area contributed by atoms with Gasteiger partial charge in [-0.05, 0) is 18.2 Å². The molecule has 0 aromatic heterocycles. The Hall–Kier alpha value is -0.750. The quantitative estimate of drug-likeness (QED) is 0.743. The largest absolute Gasteiger partial charge is 0.303 e. The minimum Gasteiger partial charge on any atom is -0.303 e. The highest BCUT2D eigenvalue weighted by molar-refractivity contribution is 6.21. The molecule has 0 spiro atoms. The molecular weight excluding hydrogens is 255 g/mol. The van der Waals surface area contributed by atoms with Crippen molar-refractivity contribution in [2.45, 2.75) is 11.8 Å². The molecule has 0 saturated carbocycles. The van der Waals surface area contributed by atoms with Gasteiger partial charge in [0, 0.05) is 19.0 Å². The zero-order chi connectivity index (χ0) is 12.7. The van der Waals surface area contributed by atoms with E-state index in [9.17, 15) is 0 Å². The molecule has 0 aliphatic rings. The molecule has 0 heterocycles. The van der Waals surface area contributed by atoms with E-state index in [4.69, 9.17) is 28.5 Å². The summed E-state index contributed by atoms with van der Waals surface area (Å²) in [6.45, 7) is 1.60. The number of nitrogens with zero attached hydrogens (tertiary/aromatic N) is 2. The molecule has 1 aromatic carbocycles. The summed E-state index contributed by atoms with van der Waals surface area (Å²) in [7, 11) is 2.00. The lowest BCUT2D eigenvalue weighted by Crippen LogP contribution is -2.24. The summed E-state index contributed by atoms with van der Waals surface area (Å²) < 4.78 is 0. The zero-order valence-corrected chi connectivity index (χ0v) is 11.4. The molecule has 0 amide bonds. The Kier molecular flexibility index (Phi) is 6.36. The summed E-state index contributed by atoms with van der Waals surface area (Å²) in [5, 5.41) is 8.54. The van der Waals surface area contributed by atoms with Gasteiger partial charge in [-0.3, -0.25) is 0 Å². The van der Waals surface area contributed by atoms with Crippen LogP contribution in [0, 0.1) is 11.3 Å². The third-order valence-electron chi connectivity index (χ3n) is 2.56. The highest BCUT2D eigenvalue weighted by Crippen LogP contribution is 2.21. The van der Waals surface area contributed by atoms with Gasteiger partial charge in [0.05, 0.1) is 17.9 Å². The van der Waals surface area contributed by atoms with E-state index >= 15 is 0 Å². The fourth-order valence-corrected chi connectivity index (χ4v) is 2.22. The van der Waals surface area contributed by atoms with Crippen LogP contribution >= 0.6 is 23.2 Å². The highest BCUT2D eigenvalue weighted by Gasteiger charge is 2.10. The number of hydrogen-bond acceptors (Lipinski definition) is 2. The van der Waals surface area contributed by atoms with Crippen LogP contribution in [0.15, 0.2) is 24.3 Å². The number of likely N-dealkylation sites (N-methyl/N-ethyl adjacent to an activating group) is 1. The van der Waals surface area contributed by atoms with Gasteiger partial charge in [-0.2, -0.15) is 5.26 Å². The van der Waals surface area contributed by atoms with Crippen molar-refractivity contribution in [2.24, 2.45) is 0 Å². The molecule has 1 rings (SSSR count). The monoisotopic (exact) mass is 270 g/mol. The fraction of sp³-hybridized carbons (Fsp3) is 0.462. The van der Waals surface area contributed by atoms with Crippen molar-refractivity contribution >= 4 is 23.2 Å². The van der Waals surface area contributed by atoms with Crippen LogP contribution in [0.25, 0.3) is 0 Å². The first kappa shape index (κ1) is 14.3.